The third kappa shape index (κ3) is 51.0. The molecule has 0 spiro atoms. The van der Waals surface area contributed by atoms with Gasteiger partial charge in [0.25, 0.3) is 0 Å². The van der Waals surface area contributed by atoms with Crippen molar-refractivity contribution in [2.45, 2.75) is 436 Å². The molecule has 1 rings (SSSR count). The summed E-state index contributed by atoms with van der Waals surface area (Å²) in [6.07, 6.45) is 74.8. The van der Waals surface area contributed by atoms with Crippen LogP contribution >= 0.6 is 0 Å². The Balaban J connectivity index is 2.09. The molecule has 9 nitrogen and oxygen atoms in total. The maximum absolute atomic E-state index is 13.1. The molecule has 7 atom stereocenters. The smallest absolute Gasteiger partial charge is 0.220 e. The van der Waals surface area contributed by atoms with Crippen molar-refractivity contribution < 1.29 is 39.8 Å². The number of rotatable bonds is 66. The molecule has 1 heterocycles. The monoisotopic (exact) mass is 1160 g/mol. The largest absolute Gasteiger partial charge is 0.394 e. The lowest BCUT2D eigenvalue weighted by molar-refractivity contribution is -0.302. The first-order valence-electron chi connectivity index (χ1n) is 36.9. The molecule has 0 bridgehead atoms. The van der Waals surface area contributed by atoms with Crippen LogP contribution in [0, 0.1) is 0 Å². The highest BCUT2D eigenvalue weighted by atomic mass is 16.7. The fourth-order valence-corrected chi connectivity index (χ4v) is 12.3. The molecule has 82 heavy (non-hydrogen) atoms. The summed E-state index contributed by atoms with van der Waals surface area (Å²) in [6.45, 7) is 3.85. The van der Waals surface area contributed by atoms with Crippen molar-refractivity contribution in [2.24, 2.45) is 0 Å². The van der Waals surface area contributed by atoms with Crippen molar-refractivity contribution in [3.05, 3.63) is 12.2 Å². The van der Waals surface area contributed by atoms with Gasteiger partial charge in [-0.2, -0.15) is 0 Å². The molecule has 7 unspecified atom stereocenters. The molecule has 488 valence electrons. The molecular formula is C73H143NO8. The van der Waals surface area contributed by atoms with Crippen LogP contribution in [-0.4, -0.2) is 87.5 Å². The number of aliphatic hydroxyl groups is 5. The molecule has 0 aromatic carbocycles. The molecule has 0 aromatic rings. The lowest BCUT2D eigenvalue weighted by Crippen LogP contribution is -2.60. The lowest BCUT2D eigenvalue weighted by Gasteiger charge is -2.40. The van der Waals surface area contributed by atoms with Crippen LogP contribution in [0.15, 0.2) is 12.2 Å². The Labute approximate surface area is 509 Å². The standard InChI is InChI=1S/C73H143NO8/c1-3-5-7-9-11-13-15-17-19-21-23-25-27-29-31-32-33-34-35-37-38-40-42-44-46-48-50-52-54-56-58-60-62-67(76)66(65-81-73-72(80)71(79)70(78)68(64-75)82-73)74-69(77)63-61-59-57-55-53-51-49-47-45-43-41-39-36-30-28-26-24-22-20-18-16-14-12-10-8-6-4-2/h60,62,66-68,70-73,75-76,78-80H,3-59,61,63-65H2,1-2H3,(H,74,77)/b62-60+. The lowest BCUT2D eigenvalue weighted by atomic mass is 9.99. The summed E-state index contributed by atoms with van der Waals surface area (Å²) in [4.78, 5) is 13.1. The second-order valence-corrected chi connectivity index (χ2v) is 26.1. The van der Waals surface area contributed by atoms with Gasteiger partial charge in [-0.25, -0.2) is 0 Å². The fraction of sp³-hybridized carbons (Fsp3) is 0.959. The summed E-state index contributed by atoms with van der Waals surface area (Å²) >= 11 is 0. The molecule has 0 saturated carbocycles. The van der Waals surface area contributed by atoms with E-state index >= 15 is 0 Å². The Morgan fingerprint density at radius 1 is 0.402 bits per heavy atom. The summed E-state index contributed by atoms with van der Waals surface area (Å²) in [6, 6.07) is -0.802. The highest BCUT2D eigenvalue weighted by molar-refractivity contribution is 5.76. The Morgan fingerprint density at radius 2 is 0.671 bits per heavy atom. The normalized spacial score (nSPS) is 18.3. The Morgan fingerprint density at radius 3 is 0.951 bits per heavy atom. The minimum absolute atomic E-state index is 0.166. The van der Waals surface area contributed by atoms with Crippen LogP contribution in [0.25, 0.3) is 0 Å². The molecule has 0 aliphatic carbocycles. The Hall–Kier alpha value is -1.07. The number of allylic oxidation sites excluding steroid dienone is 1. The van der Waals surface area contributed by atoms with Crippen LogP contribution in [0.5, 0.6) is 0 Å². The fourth-order valence-electron chi connectivity index (χ4n) is 12.3. The van der Waals surface area contributed by atoms with Crippen molar-refractivity contribution in [3.63, 3.8) is 0 Å². The maximum atomic E-state index is 13.1. The molecule has 6 N–H and O–H groups in total. The molecule has 0 radical (unpaired) electrons. The van der Waals surface area contributed by atoms with Crippen molar-refractivity contribution >= 4 is 5.91 Å². The van der Waals surface area contributed by atoms with Crippen molar-refractivity contribution in [2.75, 3.05) is 13.2 Å². The Bertz CT molecular complexity index is 1300. The number of nitrogens with one attached hydrogen (secondary N) is 1. The summed E-state index contributed by atoms with van der Waals surface area (Å²) in [7, 11) is 0. The molecule has 1 fully saturated rings. The van der Waals surface area contributed by atoms with Crippen molar-refractivity contribution in [3.8, 4) is 0 Å². The predicted molar refractivity (Wildman–Crippen MR) is 351 cm³/mol. The van der Waals surface area contributed by atoms with Gasteiger partial charge < -0.3 is 40.3 Å². The van der Waals surface area contributed by atoms with E-state index in [1.54, 1.807) is 6.08 Å². The van der Waals surface area contributed by atoms with Crippen molar-refractivity contribution in [1.82, 2.24) is 5.32 Å². The number of ether oxygens (including phenoxy) is 2. The molecule has 9 heteroatoms. The number of hydrogen-bond acceptors (Lipinski definition) is 8. The number of amides is 1. The topological polar surface area (TPSA) is 149 Å². The minimum Gasteiger partial charge on any atom is -0.394 e. The van der Waals surface area contributed by atoms with E-state index in [1.807, 2.05) is 6.08 Å². The third-order valence-electron chi connectivity index (χ3n) is 18.1. The average Bonchev–Trinajstić information content (AvgIpc) is 3.57. The molecule has 1 saturated heterocycles. The second kappa shape index (κ2) is 63.0. The van der Waals surface area contributed by atoms with Gasteiger partial charge in [0, 0.05) is 6.42 Å². The van der Waals surface area contributed by atoms with E-state index in [9.17, 15) is 30.3 Å². The first-order chi connectivity index (χ1) is 40.3. The highest BCUT2D eigenvalue weighted by Gasteiger charge is 2.44. The SMILES string of the molecule is CCCCCCCCCCCCCCCCCCCCCCCCCCCCCCCC/C=C/C(O)C(COC1OC(CO)C(O)C(O)C1O)NC(=O)CCCCCCCCCCCCCCCCCCCCCCCCCCCCC. The van der Waals surface area contributed by atoms with Gasteiger partial charge in [0.05, 0.1) is 25.4 Å². The zero-order valence-corrected chi connectivity index (χ0v) is 54.8. The summed E-state index contributed by atoms with van der Waals surface area (Å²) in [5.74, 6) is -0.166. The zero-order valence-electron chi connectivity index (χ0n) is 54.8. The van der Waals surface area contributed by atoms with Crippen LogP contribution in [0.3, 0.4) is 0 Å². The van der Waals surface area contributed by atoms with Gasteiger partial charge in [-0.3, -0.25) is 4.79 Å². The Kier molecular flexibility index (Phi) is 60.6. The highest BCUT2D eigenvalue weighted by Crippen LogP contribution is 2.24. The van der Waals surface area contributed by atoms with Gasteiger partial charge in [-0.15, -0.1) is 0 Å². The van der Waals surface area contributed by atoms with Crippen LogP contribution in [0.1, 0.15) is 393 Å². The summed E-state index contributed by atoms with van der Waals surface area (Å²) < 4.78 is 11.3. The summed E-state index contributed by atoms with van der Waals surface area (Å²) in [5, 5.41) is 54.8. The van der Waals surface area contributed by atoms with Gasteiger partial charge in [0.15, 0.2) is 6.29 Å². The molecule has 1 aliphatic rings. The van der Waals surface area contributed by atoms with Crippen LogP contribution in [-0.2, 0) is 14.3 Å². The zero-order chi connectivity index (χ0) is 59.3. The minimum atomic E-state index is -1.56. The summed E-state index contributed by atoms with van der Waals surface area (Å²) in [5.41, 5.74) is 0. The number of carbonyl (C=O) groups excluding carboxylic acids is 1. The van der Waals surface area contributed by atoms with E-state index in [2.05, 4.69) is 19.2 Å². The van der Waals surface area contributed by atoms with E-state index in [0.29, 0.717) is 6.42 Å². The molecule has 0 aromatic heterocycles. The maximum Gasteiger partial charge on any atom is 0.220 e. The van der Waals surface area contributed by atoms with Gasteiger partial charge in [0.1, 0.15) is 24.4 Å². The van der Waals surface area contributed by atoms with Crippen LogP contribution < -0.4 is 5.32 Å². The first kappa shape index (κ1) is 78.9. The quantitative estimate of drug-likeness (QED) is 0.0261. The number of aliphatic hydroxyl groups excluding tert-OH is 5. The average molecular weight is 1160 g/mol. The van der Waals surface area contributed by atoms with Gasteiger partial charge >= 0.3 is 0 Å². The number of hydrogen-bond donors (Lipinski definition) is 6. The number of unbranched alkanes of at least 4 members (excludes halogenated alkanes) is 56. The predicted octanol–water partition coefficient (Wildman–Crippen LogP) is 20.3. The van der Waals surface area contributed by atoms with E-state index in [4.69, 9.17) is 9.47 Å². The molecule has 1 aliphatic heterocycles. The van der Waals surface area contributed by atoms with E-state index < -0.39 is 49.5 Å². The second-order valence-electron chi connectivity index (χ2n) is 26.1. The van der Waals surface area contributed by atoms with Crippen LogP contribution in [0.2, 0.25) is 0 Å². The number of carbonyl (C=O) groups is 1. The van der Waals surface area contributed by atoms with Gasteiger partial charge in [-0.05, 0) is 19.3 Å². The van der Waals surface area contributed by atoms with E-state index in [1.165, 1.54) is 334 Å². The van der Waals surface area contributed by atoms with E-state index in [-0.39, 0.29) is 12.5 Å². The molecule has 1 amide bonds. The molecular weight excluding hydrogens is 1020 g/mol. The van der Waals surface area contributed by atoms with E-state index in [0.717, 1.165) is 38.5 Å². The van der Waals surface area contributed by atoms with Crippen molar-refractivity contribution in [1.29, 1.82) is 0 Å². The third-order valence-corrected chi connectivity index (χ3v) is 18.1. The van der Waals surface area contributed by atoms with Crippen LogP contribution in [0.4, 0.5) is 0 Å². The first-order valence-corrected chi connectivity index (χ1v) is 36.9. The van der Waals surface area contributed by atoms with Gasteiger partial charge in [0.2, 0.25) is 5.91 Å². The van der Waals surface area contributed by atoms with Gasteiger partial charge in [-0.1, -0.05) is 379 Å².